The Morgan fingerprint density at radius 3 is 2.54 bits per heavy atom. The van der Waals surface area contributed by atoms with Crippen LogP contribution in [0.1, 0.15) is 29.0 Å². The molecule has 0 aliphatic heterocycles. The molecule has 0 saturated heterocycles. The van der Waals surface area contributed by atoms with Gasteiger partial charge in [-0.3, -0.25) is 14.2 Å². The van der Waals surface area contributed by atoms with Crippen molar-refractivity contribution < 1.29 is 4.79 Å². The van der Waals surface area contributed by atoms with E-state index in [0.29, 0.717) is 11.1 Å². The second-order valence-corrected chi connectivity index (χ2v) is 7.15. The molecule has 24 heavy (non-hydrogen) atoms. The van der Waals surface area contributed by atoms with Gasteiger partial charge in [-0.15, -0.1) is 11.3 Å². The molecule has 1 N–H and O–H groups in total. The lowest BCUT2D eigenvalue weighted by Gasteiger charge is -2.15. The molecule has 0 aliphatic rings. The Bertz CT molecular complexity index is 970. The maximum atomic E-state index is 12.8. The molecular formula is C18H19N3O2S. The molecular weight excluding hydrogens is 322 g/mol. The van der Waals surface area contributed by atoms with Crippen LogP contribution in [-0.4, -0.2) is 15.5 Å². The van der Waals surface area contributed by atoms with Crippen LogP contribution in [0.25, 0.3) is 10.2 Å². The average Bonchev–Trinajstić information content (AvgIpc) is 2.85. The fraction of sp³-hybridized carbons (Fsp3) is 0.278. The Labute approximate surface area is 144 Å². The summed E-state index contributed by atoms with van der Waals surface area (Å²) in [4.78, 5) is 31.4. The maximum Gasteiger partial charge on any atom is 0.263 e. The van der Waals surface area contributed by atoms with Crippen molar-refractivity contribution in [2.45, 2.75) is 33.7 Å². The summed E-state index contributed by atoms with van der Waals surface area (Å²) in [5.41, 5.74) is 2.60. The predicted molar refractivity (Wildman–Crippen MR) is 97.9 cm³/mol. The second kappa shape index (κ2) is 6.20. The summed E-state index contributed by atoms with van der Waals surface area (Å²) in [5, 5.41) is 3.45. The van der Waals surface area contributed by atoms with Crippen LogP contribution < -0.4 is 10.9 Å². The van der Waals surface area contributed by atoms with Crippen molar-refractivity contribution in [1.82, 2.24) is 9.55 Å². The van der Waals surface area contributed by atoms with Crippen molar-refractivity contribution in [3.63, 3.8) is 0 Å². The standard InChI is InChI=1S/C18H19N3O2S/c1-10-5-7-14(8-6-10)20-16(22)12(3)21-9-19-17-15(18(21)23)11(2)13(4)24-17/h5-9,12H,1-4H3,(H,20,22). The van der Waals surface area contributed by atoms with E-state index in [9.17, 15) is 9.59 Å². The molecule has 5 nitrogen and oxygen atoms in total. The van der Waals surface area contributed by atoms with E-state index in [1.807, 2.05) is 45.0 Å². The molecule has 3 aromatic rings. The van der Waals surface area contributed by atoms with E-state index in [1.165, 1.54) is 22.2 Å². The van der Waals surface area contributed by atoms with Gasteiger partial charge >= 0.3 is 0 Å². The smallest absolute Gasteiger partial charge is 0.263 e. The molecule has 0 spiro atoms. The van der Waals surface area contributed by atoms with Crippen LogP contribution in [0.2, 0.25) is 0 Å². The van der Waals surface area contributed by atoms with Crippen LogP contribution in [0.4, 0.5) is 5.69 Å². The number of hydrogen-bond acceptors (Lipinski definition) is 4. The third-order valence-corrected chi connectivity index (χ3v) is 5.35. The molecule has 0 aliphatic carbocycles. The second-order valence-electron chi connectivity index (χ2n) is 5.95. The van der Waals surface area contributed by atoms with Crippen molar-refractivity contribution in [3.05, 3.63) is 57.0 Å². The van der Waals surface area contributed by atoms with Gasteiger partial charge in [0.1, 0.15) is 10.9 Å². The van der Waals surface area contributed by atoms with Gasteiger partial charge in [0.15, 0.2) is 0 Å². The predicted octanol–water partition coefficient (Wildman–Crippen LogP) is 3.58. The molecule has 124 valence electrons. The van der Waals surface area contributed by atoms with Gasteiger partial charge in [0.25, 0.3) is 5.56 Å². The van der Waals surface area contributed by atoms with Gasteiger partial charge in [0.2, 0.25) is 5.91 Å². The Morgan fingerprint density at radius 2 is 1.88 bits per heavy atom. The summed E-state index contributed by atoms with van der Waals surface area (Å²) in [5.74, 6) is -0.244. The molecule has 1 atom stereocenters. The number of aryl methyl sites for hydroxylation is 3. The van der Waals surface area contributed by atoms with Gasteiger partial charge in [-0.2, -0.15) is 0 Å². The number of rotatable bonds is 3. The Balaban J connectivity index is 1.93. The highest BCUT2D eigenvalue weighted by Gasteiger charge is 2.20. The number of hydrogen-bond donors (Lipinski definition) is 1. The zero-order valence-corrected chi connectivity index (χ0v) is 14.9. The van der Waals surface area contributed by atoms with Gasteiger partial charge in [0.05, 0.1) is 11.7 Å². The van der Waals surface area contributed by atoms with Crippen LogP contribution in [0.3, 0.4) is 0 Å². The van der Waals surface area contributed by atoms with Crippen molar-refractivity contribution in [1.29, 1.82) is 0 Å². The van der Waals surface area contributed by atoms with Gasteiger partial charge in [-0.25, -0.2) is 4.98 Å². The van der Waals surface area contributed by atoms with Gasteiger partial charge in [-0.05, 0) is 45.4 Å². The van der Waals surface area contributed by atoms with Crippen molar-refractivity contribution in [2.24, 2.45) is 0 Å². The zero-order valence-electron chi connectivity index (χ0n) is 14.1. The molecule has 0 saturated carbocycles. The normalized spacial score (nSPS) is 12.3. The van der Waals surface area contributed by atoms with Crippen LogP contribution in [0.5, 0.6) is 0 Å². The molecule has 6 heteroatoms. The lowest BCUT2D eigenvalue weighted by atomic mass is 10.2. The molecule has 2 heterocycles. The van der Waals surface area contributed by atoms with Crippen LogP contribution in [0.15, 0.2) is 35.4 Å². The van der Waals surface area contributed by atoms with E-state index < -0.39 is 6.04 Å². The summed E-state index contributed by atoms with van der Waals surface area (Å²) >= 11 is 1.50. The molecule has 0 bridgehead atoms. The number of nitrogens with zero attached hydrogens (tertiary/aromatic N) is 2. The van der Waals surface area contributed by atoms with E-state index in [1.54, 1.807) is 6.92 Å². The number of benzene rings is 1. The van der Waals surface area contributed by atoms with Crippen molar-refractivity contribution >= 4 is 33.1 Å². The highest BCUT2D eigenvalue weighted by Crippen LogP contribution is 2.26. The molecule has 1 amide bonds. The van der Waals surface area contributed by atoms with E-state index in [2.05, 4.69) is 10.3 Å². The molecule has 1 unspecified atom stereocenters. The van der Waals surface area contributed by atoms with E-state index >= 15 is 0 Å². The van der Waals surface area contributed by atoms with Crippen LogP contribution in [-0.2, 0) is 4.79 Å². The quantitative estimate of drug-likeness (QED) is 0.792. The minimum atomic E-state index is -0.643. The molecule has 0 radical (unpaired) electrons. The summed E-state index contributed by atoms with van der Waals surface area (Å²) < 4.78 is 1.39. The summed E-state index contributed by atoms with van der Waals surface area (Å²) in [6, 6.07) is 6.90. The van der Waals surface area contributed by atoms with Crippen LogP contribution >= 0.6 is 11.3 Å². The Kier molecular flexibility index (Phi) is 4.24. The van der Waals surface area contributed by atoms with Gasteiger partial charge in [0, 0.05) is 10.6 Å². The van der Waals surface area contributed by atoms with E-state index in [4.69, 9.17) is 0 Å². The highest BCUT2D eigenvalue weighted by atomic mass is 32.1. The first-order chi connectivity index (χ1) is 11.4. The topological polar surface area (TPSA) is 64.0 Å². The minimum Gasteiger partial charge on any atom is -0.324 e. The summed E-state index contributed by atoms with van der Waals surface area (Å²) in [7, 11) is 0. The summed E-state index contributed by atoms with van der Waals surface area (Å²) in [6.45, 7) is 7.57. The molecule has 0 fully saturated rings. The monoisotopic (exact) mass is 341 g/mol. The number of carbonyl (C=O) groups excluding carboxylic acids is 1. The SMILES string of the molecule is Cc1ccc(NC(=O)C(C)n2cnc3sc(C)c(C)c3c2=O)cc1. The first-order valence-electron chi connectivity index (χ1n) is 7.73. The lowest BCUT2D eigenvalue weighted by Crippen LogP contribution is -2.31. The van der Waals surface area contributed by atoms with Crippen molar-refractivity contribution in [2.75, 3.05) is 5.32 Å². The fourth-order valence-corrected chi connectivity index (χ4v) is 3.52. The first kappa shape index (κ1) is 16.4. The largest absolute Gasteiger partial charge is 0.324 e. The zero-order chi connectivity index (χ0) is 17.4. The number of anilines is 1. The number of nitrogens with one attached hydrogen (secondary N) is 1. The molecule has 2 aromatic heterocycles. The third kappa shape index (κ3) is 2.85. The first-order valence-corrected chi connectivity index (χ1v) is 8.54. The van der Waals surface area contributed by atoms with Crippen LogP contribution in [0, 0.1) is 20.8 Å². The molecule has 1 aromatic carbocycles. The highest BCUT2D eigenvalue weighted by molar-refractivity contribution is 7.18. The Morgan fingerprint density at radius 1 is 1.21 bits per heavy atom. The number of amides is 1. The van der Waals surface area contributed by atoms with E-state index in [-0.39, 0.29) is 11.5 Å². The maximum absolute atomic E-state index is 12.8. The number of aromatic nitrogens is 2. The lowest BCUT2D eigenvalue weighted by molar-refractivity contribution is -0.118. The number of thiophene rings is 1. The third-order valence-electron chi connectivity index (χ3n) is 4.23. The number of carbonyl (C=O) groups is 1. The van der Waals surface area contributed by atoms with Gasteiger partial charge < -0.3 is 5.32 Å². The van der Waals surface area contributed by atoms with E-state index in [0.717, 1.165) is 20.8 Å². The minimum absolute atomic E-state index is 0.173. The fourth-order valence-electron chi connectivity index (χ4n) is 2.53. The summed E-state index contributed by atoms with van der Waals surface area (Å²) in [6.07, 6.45) is 1.46. The molecule has 3 rings (SSSR count). The average molecular weight is 341 g/mol. The Hall–Kier alpha value is -2.47. The van der Waals surface area contributed by atoms with Crippen molar-refractivity contribution in [3.8, 4) is 0 Å². The number of fused-ring (bicyclic) bond motifs is 1. The van der Waals surface area contributed by atoms with Gasteiger partial charge in [-0.1, -0.05) is 17.7 Å².